The van der Waals surface area contributed by atoms with Crippen molar-refractivity contribution in [3.05, 3.63) is 57.7 Å². The first-order chi connectivity index (χ1) is 18.8. The maximum atomic E-state index is 3.36. The molecule has 2 aliphatic rings. The molecule has 0 nitrogen and oxygen atoms in total. The van der Waals surface area contributed by atoms with Crippen molar-refractivity contribution in [2.24, 2.45) is 22.7 Å². The number of rotatable bonds is 7. The highest BCUT2D eigenvalue weighted by Gasteiger charge is 2.27. The second kappa shape index (κ2) is 16.0. The molecule has 2 rings (SSSR count). The zero-order valence-electron chi connectivity index (χ0n) is 27.5. The van der Waals surface area contributed by atoms with Crippen molar-refractivity contribution in [2.45, 2.75) is 133 Å². The summed E-state index contributed by atoms with van der Waals surface area (Å²) in [7, 11) is 0. The summed E-state index contributed by atoms with van der Waals surface area (Å²) >= 11 is 0. The van der Waals surface area contributed by atoms with E-state index in [0.29, 0.717) is 16.7 Å². The molecule has 2 atom stereocenters. The van der Waals surface area contributed by atoms with E-state index in [1.54, 1.807) is 16.7 Å². The largest absolute Gasteiger partial charge is 0.101 e. The minimum atomic E-state index is 0.0962. The molecule has 2 aliphatic carbocycles. The molecular weight excluding hydrogens is 480 g/mol. The molecule has 0 radical (unpaired) electrons. The van der Waals surface area contributed by atoms with E-state index in [-0.39, 0.29) is 5.92 Å². The van der Waals surface area contributed by atoms with Gasteiger partial charge in [0.1, 0.15) is 0 Å². The van der Waals surface area contributed by atoms with Gasteiger partial charge in [-0.3, -0.25) is 0 Å². The molecule has 216 valence electrons. The van der Waals surface area contributed by atoms with Crippen molar-refractivity contribution in [1.82, 2.24) is 0 Å². The summed E-state index contributed by atoms with van der Waals surface area (Å²) in [6.07, 6.45) is 20.5. The topological polar surface area (TPSA) is 0 Å². The lowest BCUT2D eigenvalue weighted by Gasteiger charge is -2.34. The van der Waals surface area contributed by atoms with Crippen LogP contribution in [-0.4, -0.2) is 0 Å². The van der Waals surface area contributed by atoms with Crippen LogP contribution < -0.4 is 0 Å². The van der Waals surface area contributed by atoms with Crippen molar-refractivity contribution in [3.8, 4) is 35.5 Å². The number of hydrogen-bond donors (Lipinski definition) is 0. The van der Waals surface area contributed by atoms with Gasteiger partial charge in [-0.25, -0.2) is 0 Å². The maximum absolute atomic E-state index is 3.36. The first-order valence-corrected chi connectivity index (χ1v) is 15.7. The van der Waals surface area contributed by atoms with Crippen LogP contribution in [0.2, 0.25) is 0 Å². The van der Waals surface area contributed by atoms with E-state index < -0.39 is 0 Å². The fourth-order valence-corrected chi connectivity index (χ4v) is 6.01. The molecule has 0 bridgehead atoms. The summed E-state index contributed by atoms with van der Waals surface area (Å²) in [6.45, 7) is 22.8. The summed E-state index contributed by atoms with van der Waals surface area (Å²) in [5.41, 5.74) is 9.42. The molecule has 0 amide bonds. The van der Waals surface area contributed by atoms with Crippen molar-refractivity contribution < 1.29 is 0 Å². The second-order valence-corrected chi connectivity index (χ2v) is 13.7. The molecule has 0 saturated carbocycles. The highest BCUT2D eigenvalue weighted by atomic mass is 14.3. The predicted molar refractivity (Wildman–Crippen MR) is 177 cm³/mol. The Bertz CT molecular complexity index is 1210. The minimum absolute atomic E-state index is 0.0962. The Hall–Kier alpha value is -2.62. The molecule has 0 fully saturated rings. The van der Waals surface area contributed by atoms with Gasteiger partial charge < -0.3 is 0 Å². The van der Waals surface area contributed by atoms with Crippen LogP contribution in [0.25, 0.3) is 0 Å². The van der Waals surface area contributed by atoms with E-state index in [1.807, 2.05) is 0 Å². The summed E-state index contributed by atoms with van der Waals surface area (Å²) in [5.74, 6) is 20.5. The Kier molecular flexibility index (Phi) is 13.4. The van der Waals surface area contributed by atoms with E-state index >= 15 is 0 Å². The SMILES string of the molecule is CC1=C(/C=C/C(C)CC#CC(C)C#CC/C=C(\C)C#CC/C(C)=C/CC2=C(C)CCCC2(C)C)C(C)(C)CCC1. The van der Waals surface area contributed by atoms with Crippen LogP contribution in [0.3, 0.4) is 0 Å². The van der Waals surface area contributed by atoms with Crippen molar-refractivity contribution in [1.29, 1.82) is 0 Å². The Morgan fingerprint density at radius 2 is 1.50 bits per heavy atom. The van der Waals surface area contributed by atoms with Crippen LogP contribution in [0.4, 0.5) is 0 Å². The smallest absolute Gasteiger partial charge is 0.0783 e. The van der Waals surface area contributed by atoms with Gasteiger partial charge in [0, 0.05) is 19.3 Å². The molecule has 0 N–H and O–H groups in total. The average molecular weight is 537 g/mol. The zero-order chi connectivity index (χ0) is 29.8. The summed E-state index contributed by atoms with van der Waals surface area (Å²) in [5, 5.41) is 0. The summed E-state index contributed by atoms with van der Waals surface area (Å²) in [4.78, 5) is 0. The molecule has 0 spiro atoms. The van der Waals surface area contributed by atoms with E-state index in [2.05, 4.69) is 129 Å². The van der Waals surface area contributed by atoms with E-state index in [1.165, 1.54) is 49.7 Å². The molecule has 0 aromatic carbocycles. The molecule has 0 aromatic rings. The molecular formula is C40H56. The number of allylic oxidation sites excluding steroid dienone is 10. The third-order valence-electron chi connectivity index (χ3n) is 8.70. The molecule has 0 aromatic heterocycles. The standard InChI is InChI=1S/C40H56/c1-31(19-13-21-33(3)25-27-37-35(5)23-15-29-39(37,7)8)17-11-12-18-32(2)20-14-22-34(4)26-28-38-36(6)24-16-30-40(38,9)10/h17,25-26,28,32,34H,11,15-16,21-24,27,29-30H2,1-10H3/b28-26+,31-17+,33-25+. The van der Waals surface area contributed by atoms with Gasteiger partial charge in [0.25, 0.3) is 0 Å². The van der Waals surface area contributed by atoms with E-state index in [0.717, 1.165) is 31.3 Å². The third kappa shape index (κ3) is 11.5. The zero-order valence-corrected chi connectivity index (χ0v) is 27.5. The average Bonchev–Trinajstić information content (AvgIpc) is 2.85. The first kappa shape index (κ1) is 33.6. The van der Waals surface area contributed by atoms with Crippen molar-refractivity contribution in [3.63, 3.8) is 0 Å². The van der Waals surface area contributed by atoms with Crippen LogP contribution in [0.5, 0.6) is 0 Å². The van der Waals surface area contributed by atoms with Crippen LogP contribution >= 0.6 is 0 Å². The van der Waals surface area contributed by atoms with Gasteiger partial charge in [-0.05, 0) is 107 Å². The van der Waals surface area contributed by atoms with Gasteiger partial charge in [-0.1, -0.05) is 111 Å². The Labute approximate surface area is 249 Å². The van der Waals surface area contributed by atoms with Crippen LogP contribution in [0, 0.1) is 58.2 Å². The monoisotopic (exact) mass is 536 g/mol. The summed E-state index contributed by atoms with van der Waals surface area (Å²) < 4.78 is 0. The molecule has 0 heteroatoms. The fraction of sp³-hybridized carbons (Fsp3) is 0.600. The van der Waals surface area contributed by atoms with E-state index in [4.69, 9.17) is 0 Å². The van der Waals surface area contributed by atoms with Gasteiger partial charge in [-0.2, -0.15) is 0 Å². The quantitative estimate of drug-likeness (QED) is 0.224. The summed E-state index contributed by atoms with van der Waals surface area (Å²) in [6, 6.07) is 0. The highest BCUT2D eigenvalue weighted by Crippen LogP contribution is 2.42. The van der Waals surface area contributed by atoms with Crippen LogP contribution in [0.1, 0.15) is 133 Å². The normalized spacial score (nSPS) is 20.6. The van der Waals surface area contributed by atoms with Crippen LogP contribution in [-0.2, 0) is 0 Å². The first-order valence-electron chi connectivity index (χ1n) is 15.7. The van der Waals surface area contributed by atoms with Crippen molar-refractivity contribution in [2.75, 3.05) is 0 Å². The van der Waals surface area contributed by atoms with Gasteiger partial charge in [0.2, 0.25) is 0 Å². The Morgan fingerprint density at radius 3 is 2.17 bits per heavy atom. The molecule has 2 unspecified atom stereocenters. The van der Waals surface area contributed by atoms with Gasteiger partial charge >= 0.3 is 0 Å². The lowest BCUT2D eigenvalue weighted by molar-refractivity contribution is 0.360. The van der Waals surface area contributed by atoms with Crippen LogP contribution in [0.15, 0.2) is 57.7 Å². The second-order valence-electron chi connectivity index (χ2n) is 13.7. The maximum Gasteiger partial charge on any atom is 0.0783 e. The van der Waals surface area contributed by atoms with Gasteiger partial charge in [-0.15, -0.1) is 5.92 Å². The Balaban J connectivity index is 1.78. The minimum Gasteiger partial charge on any atom is -0.101 e. The van der Waals surface area contributed by atoms with Crippen molar-refractivity contribution >= 4 is 0 Å². The molecule has 0 saturated heterocycles. The molecule has 0 heterocycles. The Morgan fingerprint density at radius 1 is 0.850 bits per heavy atom. The van der Waals surface area contributed by atoms with E-state index in [9.17, 15) is 0 Å². The third-order valence-corrected chi connectivity index (χ3v) is 8.70. The predicted octanol–water partition coefficient (Wildman–Crippen LogP) is 11.3. The lowest BCUT2D eigenvalue weighted by Crippen LogP contribution is -2.20. The number of hydrogen-bond acceptors (Lipinski definition) is 0. The fourth-order valence-electron chi connectivity index (χ4n) is 6.01. The highest BCUT2D eigenvalue weighted by molar-refractivity contribution is 5.33. The molecule has 0 aliphatic heterocycles. The van der Waals surface area contributed by atoms with Gasteiger partial charge in [0.05, 0.1) is 5.92 Å². The van der Waals surface area contributed by atoms with Gasteiger partial charge in [0.15, 0.2) is 0 Å². The lowest BCUT2D eigenvalue weighted by atomic mass is 9.71. The molecule has 40 heavy (non-hydrogen) atoms.